The summed E-state index contributed by atoms with van der Waals surface area (Å²) in [5.74, 6) is 0.615. The van der Waals surface area contributed by atoms with Crippen molar-refractivity contribution in [1.82, 2.24) is 25.3 Å². The largest absolute Gasteiger partial charge is 0.368 e. The van der Waals surface area contributed by atoms with Gasteiger partial charge >= 0.3 is 0 Å². The van der Waals surface area contributed by atoms with Gasteiger partial charge in [0.15, 0.2) is 11.5 Å². The van der Waals surface area contributed by atoms with Crippen molar-refractivity contribution >= 4 is 28.8 Å². The van der Waals surface area contributed by atoms with Gasteiger partial charge in [-0.3, -0.25) is 4.79 Å². The van der Waals surface area contributed by atoms with Gasteiger partial charge in [-0.15, -0.1) is 0 Å². The molecule has 0 aromatic carbocycles. The Morgan fingerprint density at radius 2 is 2.32 bits per heavy atom. The predicted octanol–water partition coefficient (Wildman–Crippen LogP) is -0.247. The predicted molar refractivity (Wildman–Crippen MR) is 72.6 cm³/mol. The van der Waals surface area contributed by atoms with E-state index in [2.05, 4.69) is 25.3 Å². The minimum atomic E-state index is -0.163. The van der Waals surface area contributed by atoms with Gasteiger partial charge in [-0.1, -0.05) is 6.92 Å². The average molecular weight is 263 g/mol. The second kappa shape index (κ2) is 5.09. The molecule has 0 aliphatic heterocycles. The van der Waals surface area contributed by atoms with Gasteiger partial charge in [0.2, 0.25) is 11.9 Å². The van der Waals surface area contributed by atoms with Crippen molar-refractivity contribution in [2.45, 2.75) is 6.92 Å². The highest BCUT2D eigenvalue weighted by Crippen LogP contribution is 2.21. The first-order chi connectivity index (χ1) is 9.02. The zero-order valence-electron chi connectivity index (χ0n) is 11.1. The maximum Gasteiger partial charge on any atom is 0.224 e. The highest BCUT2D eigenvalue weighted by molar-refractivity contribution is 5.84. The van der Waals surface area contributed by atoms with Crippen LogP contribution < -0.4 is 16.0 Å². The number of carbonyl (C=O) groups excluding carboxylic acids is 1. The van der Waals surface area contributed by atoms with Gasteiger partial charge in [0.1, 0.15) is 5.52 Å². The van der Waals surface area contributed by atoms with Crippen LogP contribution in [-0.4, -0.2) is 46.5 Å². The third-order valence-corrected chi connectivity index (χ3v) is 2.89. The van der Waals surface area contributed by atoms with Crippen LogP contribution in [0, 0.1) is 5.92 Å². The van der Waals surface area contributed by atoms with Crippen molar-refractivity contribution in [2.75, 3.05) is 31.3 Å². The van der Waals surface area contributed by atoms with Crippen molar-refractivity contribution < 1.29 is 4.79 Å². The first kappa shape index (κ1) is 13.1. The van der Waals surface area contributed by atoms with Crippen LogP contribution >= 0.6 is 0 Å². The van der Waals surface area contributed by atoms with E-state index in [-0.39, 0.29) is 17.8 Å². The minimum absolute atomic E-state index is 0.0188. The molecule has 1 atom stereocenters. The van der Waals surface area contributed by atoms with Gasteiger partial charge in [-0.2, -0.15) is 9.97 Å². The molecule has 2 aromatic heterocycles. The zero-order chi connectivity index (χ0) is 14.0. The normalized spacial score (nSPS) is 12.4. The lowest BCUT2D eigenvalue weighted by Crippen LogP contribution is -2.34. The average Bonchev–Trinajstić information content (AvgIpc) is 2.84. The molecule has 4 N–H and O–H groups in total. The highest BCUT2D eigenvalue weighted by Gasteiger charge is 2.18. The van der Waals surface area contributed by atoms with Gasteiger partial charge < -0.3 is 20.9 Å². The van der Waals surface area contributed by atoms with Gasteiger partial charge in [0.05, 0.1) is 12.2 Å². The number of imidazole rings is 1. The first-order valence-corrected chi connectivity index (χ1v) is 5.92. The second-order valence-corrected chi connectivity index (χ2v) is 4.40. The molecule has 0 saturated carbocycles. The summed E-state index contributed by atoms with van der Waals surface area (Å²) in [6, 6.07) is 0. The molecule has 0 fully saturated rings. The molecule has 8 heteroatoms. The number of carbonyl (C=O) groups is 1. The van der Waals surface area contributed by atoms with Gasteiger partial charge in [0.25, 0.3) is 0 Å². The van der Waals surface area contributed by atoms with E-state index in [1.165, 1.54) is 6.33 Å². The number of hydrogen-bond acceptors (Lipinski definition) is 6. The minimum Gasteiger partial charge on any atom is -0.368 e. The lowest BCUT2D eigenvalue weighted by Gasteiger charge is -2.22. The molecule has 0 bridgehead atoms. The number of nitrogens with two attached hydrogens (primary N) is 1. The number of aromatic amines is 1. The number of nitrogens with one attached hydrogen (secondary N) is 2. The van der Waals surface area contributed by atoms with E-state index >= 15 is 0 Å². The molecule has 2 heterocycles. The van der Waals surface area contributed by atoms with Gasteiger partial charge in [-0.05, 0) is 0 Å². The van der Waals surface area contributed by atoms with Crippen LogP contribution in [0.25, 0.3) is 11.2 Å². The van der Waals surface area contributed by atoms with Crippen molar-refractivity contribution in [1.29, 1.82) is 0 Å². The molecule has 102 valence electrons. The topological polar surface area (TPSA) is 113 Å². The zero-order valence-corrected chi connectivity index (χ0v) is 11.1. The smallest absolute Gasteiger partial charge is 0.224 e. The molecule has 19 heavy (non-hydrogen) atoms. The number of aromatic nitrogens is 4. The molecule has 1 unspecified atom stereocenters. The molecule has 8 nitrogen and oxygen atoms in total. The number of nitrogens with zero attached hydrogens (tertiary/aromatic N) is 4. The molecule has 0 spiro atoms. The van der Waals surface area contributed by atoms with Crippen LogP contribution in [0.5, 0.6) is 0 Å². The number of amides is 1. The summed E-state index contributed by atoms with van der Waals surface area (Å²) in [5, 5.41) is 2.62. The molecule has 0 aliphatic carbocycles. The summed E-state index contributed by atoms with van der Waals surface area (Å²) in [5.41, 5.74) is 6.88. The Morgan fingerprint density at radius 3 is 3.00 bits per heavy atom. The summed E-state index contributed by atoms with van der Waals surface area (Å²) >= 11 is 0. The van der Waals surface area contributed by atoms with E-state index in [1.54, 1.807) is 7.05 Å². The Morgan fingerprint density at radius 1 is 1.58 bits per heavy atom. The van der Waals surface area contributed by atoms with E-state index in [0.717, 1.165) is 0 Å². The SMILES string of the molecule is CNC(=O)C(C)CN(C)c1nc(N)nc2nc[nH]c12. The Bertz CT molecular complexity index is 594. The maximum atomic E-state index is 11.5. The van der Waals surface area contributed by atoms with Crippen molar-refractivity contribution in [2.24, 2.45) is 5.92 Å². The lowest BCUT2D eigenvalue weighted by atomic mass is 10.1. The maximum absolute atomic E-state index is 11.5. The molecular weight excluding hydrogens is 246 g/mol. The fraction of sp³-hybridized carbons (Fsp3) is 0.455. The first-order valence-electron chi connectivity index (χ1n) is 5.92. The molecule has 0 aliphatic rings. The summed E-state index contributed by atoms with van der Waals surface area (Å²) in [4.78, 5) is 28.7. The van der Waals surface area contributed by atoms with Crippen LogP contribution in [0.4, 0.5) is 11.8 Å². The monoisotopic (exact) mass is 263 g/mol. The molecule has 0 saturated heterocycles. The van der Waals surface area contributed by atoms with Crippen molar-refractivity contribution in [3.8, 4) is 0 Å². The number of hydrogen-bond donors (Lipinski definition) is 3. The van der Waals surface area contributed by atoms with Crippen LogP contribution in [-0.2, 0) is 4.79 Å². The number of anilines is 2. The quantitative estimate of drug-likeness (QED) is 0.701. The lowest BCUT2D eigenvalue weighted by molar-refractivity contribution is -0.123. The summed E-state index contributed by atoms with van der Waals surface area (Å²) in [7, 11) is 3.47. The molecule has 1 amide bonds. The Labute approximate surface area is 110 Å². The summed E-state index contributed by atoms with van der Waals surface area (Å²) < 4.78 is 0. The number of H-pyrrole nitrogens is 1. The standard InChI is InChI=1S/C11H17N7O/c1-6(10(19)13-2)4-18(3)9-7-8(15-5-14-7)16-11(12)17-9/h5-6H,4H2,1-3H3,(H,13,19)(H3,12,14,15,16,17). The van der Waals surface area contributed by atoms with E-state index in [4.69, 9.17) is 5.73 Å². The van der Waals surface area contributed by atoms with Gasteiger partial charge in [-0.25, -0.2) is 4.98 Å². The number of rotatable bonds is 4. The Hall–Kier alpha value is -2.38. The highest BCUT2D eigenvalue weighted by atomic mass is 16.1. The third-order valence-electron chi connectivity index (χ3n) is 2.89. The van der Waals surface area contributed by atoms with Crippen molar-refractivity contribution in [3.05, 3.63) is 6.33 Å². The van der Waals surface area contributed by atoms with Crippen molar-refractivity contribution in [3.63, 3.8) is 0 Å². The molecule has 2 aromatic rings. The van der Waals surface area contributed by atoms with Crippen LogP contribution in [0.15, 0.2) is 6.33 Å². The summed E-state index contributed by atoms with van der Waals surface area (Å²) in [6.45, 7) is 2.37. The molecular formula is C11H17N7O. The van der Waals surface area contributed by atoms with Gasteiger partial charge in [0, 0.05) is 20.6 Å². The molecule has 0 radical (unpaired) electrons. The van der Waals surface area contributed by atoms with Crippen LogP contribution in [0.2, 0.25) is 0 Å². The van der Waals surface area contributed by atoms with Crippen LogP contribution in [0.3, 0.4) is 0 Å². The van der Waals surface area contributed by atoms with E-state index in [9.17, 15) is 4.79 Å². The number of fused-ring (bicyclic) bond motifs is 1. The second-order valence-electron chi connectivity index (χ2n) is 4.40. The summed E-state index contributed by atoms with van der Waals surface area (Å²) in [6.07, 6.45) is 1.54. The fourth-order valence-electron chi connectivity index (χ4n) is 1.94. The van der Waals surface area contributed by atoms with Crippen LogP contribution in [0.1, 0.15) is 6.92 Å². The molecule has 2 rings (SSSR count). The Kier molecular flexibility index (Phi) is 3.50. The number of nitrogen functional groups attached to an aromatic ring is 1. The van der Waals surface area contributed by atoms with E-state index in [0.29, 0.717) is 23.5 Å². The fourth-order valence-corrected chi connectivity index (χ4v) is 1.94. The Balaban J connectivity index is 2.28. The third kappa shape index (κ3) is 2.56. The van der Waals surface area contributed by atoms with E-state index < -0.39 is 0 Å². The van der Waals surface area contributed by atoms with E-state index in [1.807, 2.05) is 18.9 Å².